The summed E-state index contributed by atoms with van der Waals surface area (Å²) in [4.78, 5) is 2.93. The van der Waals surface area contributed by atoms with Gasteiger partial charge in [-0.3, -0.25) is 4.90 Å². The van der Waals surface area contributed by atoms with Gasteiger partial charge in [0.25, 0.3) is 0 Å². The third-order valence-corrected chi connectivity index (χ3v) is 8.38. The molecule has 3 rings (SSSR count). The van der Waals surface area contributed by atoms with Crippen LogP contribution in [0.15, 0.2) is 21.9 Å². The highest BCUT2D eigenvalue weighted by Crippen LogP contribution is 2.39. The van der Waals surface area contributed by atoms with E-state index in [0.29, 0.717) is 38.4 Å². The van der Waals surface area contributed by atoms with E-state index in [2.05, 4.69) is 25.5 Å². The van der Waals surface area contributed by atoms with Crippen LogP contribution in [0.1, 0.15) is 6.42 Å². The number of hydrogen-bond donors (Lipinski definition) is 5. The standard InChI is InChI=1S/C17H29N9O5S2/c18-11-12(19)3-10-32(28,29)14-2-1-13(26-6-4-25(5-7-26)8-9-27)15(16(14)33(20,30)31)17-21-23-24-22-17/h1-2,12,27H,3-11,18-19H2,(H2,20,30,31)(H,21,22,23,24)/t12-/m1/s1. The molecule has 1 atom stereocenters. The molecule has 0 bridgehead atoms. The van der Waals surface area contributed by atoms with E-state index < -0.39 is 41.4 Å². The van der Waals surface area contributed by atoms with Crippen LogP contribution in [0.3, 0.4) is 0 Å². The van der Waals surface area contributed by atoms with Gasteiger partial charge in [0.2, 0.25) is 15.8 Å². The summed E-state index contributed by atoms with van der Waals surface area (Å²) in [6, 6.07) is 2.21. The zero-order chi connectivity index (χ0) is 24.2. The van der Waals surface area contributed by atoms with E-state index in [1.807, 2.05) is 4.90 Å². The SMILES string of the molecule is NC[C@H](N)CCS(=O)(=O)c1ccc(N2CCN(CCO)CC2)c(-c2nn[nH]n2)c1S(N)(=O)=O. The number of benzene rings is 1. The summed E-state index contributed by atoms with van der Waals surface area (Å²) in [6.45, 7) is 2.90. The van der Waals surface area contributed by atoms with Gasteiger partial charge in [0.15, 0.2) is 9.84 Å². The van der Waals surface area contributed by atoms with Crippen molar-refractivity contribution in [2.24, 2.45) is 16.6 Å². The third-order valence-electron chi connectivity index (χ3n) is 5.48. The number of β-amino-alcohol motifs (C(OH)–C–C–N with tert-alkyl or cyclic N) is 1. The van der Waals surface area contributed by atoms with Crippen molar-refractivity contribution in [1.29, 1.82) is 0 Å². The summed E-state index contributed by atoms with van der Waals surface area (Å²) in [5.41, 5.74) is 11.6. The minimum Gasteiger partial charge on any atom is -0.395 e. The first-order chi connectivity index (χ1) is 15.6. The number of rotatable bonds is 10. The highest BCUT2D eigenvalue weighted by Gasteiger charge is 2.33. The maximum atomic E-state index is 13.1. The van der Waals surface area contributed by atoms with Crippen molar-refractivity contribution in [2.45, 2.75) is 22.3 Å². The molecule has 0 amide bonds. The van der Waals surface area contributed by atoms with Crippen LogP contribution in [0.5, 0.6) is 0 Å². The molecular weight excluding hydrogens is 474 g/mol. The molecule has 0 radical (unpaired) electrons. The zero-order valence-electron chi connectivity index (χ0n) is 18.0. The maximum Gasteiger partial charge on any atom is 0.240 e. The highest BCUT2D eigenvalue weighted by molar-refractivity contribution is 7.93. The summed E-state index contributed by atoms with van der Waals surface area (Å²) in [5, 5.41) is 28.3. The number of aliphatic hydroxyl groups excluding tert-OH is 1. The summed E-state index contributed by atoms with van der Waals surface area (Å²) in [7, 11) is -8.62. The molecule has 0 saturated carbocycles. The monoisotopic (exact) mass is 503 g/mol. The van der Waals surface area contributed by atoms with Crippen LogP contribution in [-0.4, -0.2) is 105 Å². The topological polar surface area (TPSA) is 228 Å². The van der Waals surface area contributed by atoms with E-state index in [9.17, 15) is 16.8 Å². The summed E-state index contributed by atoms with van der Waals surface area (Å²) in [6.07, 6.45) is 0.0506. The summed E-state index contributed by atoms with van der Waals surface area (Å²) in [5.74, 6) is -0.499. The number of nitrogens with one attached hydrogen (secondary N) is 1. The second-order valence-corrected chi connectivity index (χ2v) is 11.3. The fourth-order valence-corrected chi connectivity index (χ4v) is 6.77. The molecule has 1 aliphatic heterocycles. The number of hydrogen-bond acceptors (Lipinski definition) is 12. The van der Waals surface area contributed by atoms with Gasteiger partial charge in [-0.05, 0) is 23.8 Å². The summed E-state index contributed by atoms with van der Waals surface area (Å²) >= 11 is 0. The van der Waals surface area contributed by atoms with Crippen molar-refractivity contribution in [2.75, 3.05) is 56.5 Å². The molecule has 16 heteroatoms. The number of tetrazole rings is 1. The van der Waals surface area contributed by atoms with Crippen LogP contribution < -0.4 is 21.5 Å². The average Bonchev–Trinajstić information content (AvgIpc) is 3.31. The van der Waals surface area contributed by atoms with Crippen LogP contribution in [0.4, 0.5) is 5.69 Å². The minimum atomic E-state index is -4.52. The first kappa shape index (κ1) is 25.4. The Bertz CT molecular complexity index is 1150. The molecular formula is C17H29N9O5S2. The first-order valence-electron chi connectivity index (χ1n) is 10.3. The molecule has 1 saturated heterocycles. The molecule has 14 nitrogen and oxygen atoms in total. The number of sulfonamides is 1. The fraction of sp³-hybridized carbons (Fsp3) is 0.588. The van der Waals surface area contributed by atoms with Crippen LogP contribution in [0.25, 0.3) is 11.4 Å². The minimum absolute atomic E-state index is 0.0318. The van der Waals surface area contributed by atoms with Crippen LogP contribution in [0.2, 0.25) is 0 Å². The molecule has 2 heterocycles. The number of anilines is 1. The van der Waals surface area contributed by atoms with E-state index in [4.69, 9.17) is 21.7 Å². The van der Waals surface area contributed by atoms with Crippen LogP contribution >= 0.6 is 0 Å². The molecule has 1 aromatic carbocycles. The third kappa shape index (κ3) is 5.84. The lowest BCUT2D eigenvalue weighted by Crippen LogP contribution is -2.47. The Morgan fingerprint density at radius 3 is 2.39 bits per heavy atom. The van der Waals surface area contributed by atoms with Gasteiger partial charge in [-0.1, -0.05) is 0 Å². The Balaban J connectivity index is 2.14. The number of aliphatic hydroxyl groups is 1. The number of sulfone groups is 1. The lowest BCUT2D eigenvalue weighted by molar-refractivity contribution is 0.189. The highest BCUT2D eigenvalue weighted by atomic mass is 32.2. The van der Waals surface area contributed by atoms with Gasteiger partial charge in [0.05, 0.1) is 22.8 Å². The van der Waals surface area contributed by atoms with Crippen LogP contribution in [-0.2, 0) is 19.9 Å². The van der Waals surface area contributed by atoms with E-state index >= 15 is 0 Å². The average molecular weight is 504 g/mol. The molecule has 0 aliphatic carbocycles. The van der Waals surface area contributed by atoms with Crippen molar-refractivity contribution in [1.82, 2.24) is 25.5 Å². The number of piperazine rings is 1. The number of H-pyrrole nitrogens is 1. The Morgan fingerprint density at radius 1 is 1.15 bits per heavy atom. The Morgan fingerprint density at radius 2 is 1.85 bits per heavy atom. The van der Waals surface area contributed by atoms with E-state index in [1.165, 1.54) is 12.1 Å². The number of aromatic nitrogens is 4. The summed E-state index contributed by atoms with van der Waals surface area (Å²) < 4.78 is 51.7. The predicted molar refractivity (Wildman–Crippen MR) is 120 cm³/mol. The van der Waals surface area contributed by atoms with Crippen molar-refractivity contribution in [3.63, 3.8) is 0 Å². The second-order valence-electron chi connectivity index (χ2n) is 7.72. The number of nitrogens with two attached hydrogens (primary N) is 3. The van der Waals surface area contributed by atoms with Gasteiger partial charge >= 0.3 is 0 Å². The number of nitrogens with zero attached hydrogens (tertiary/aromatic N) is 5. The molecule has 1 aliphatic rings. The van der Waals surface area contributed by atoms with E-state index in [0.717, 1.165) is 0 Å². The van der Waals surface area contributed by atoms with Gasteiger partial charge in [-0.2, -0.15) is 5.21 Å². The number of aromatic amines is 1. The van der Waals surface area contributed by atoms with Gasteiger partial charge in [-0.15, -0.1) is 10.2 Å². The van der Waals surface area contributed by atoms with E-state index in [-0.39, 0.29) is 31.0 Å². The predicted octanol–water partition coefficient (Wildman–Crippen LogP) is -2.92. The molecule has 2 aromatic rings. The Hall–Kier alpha value is -2.21. The molecule has 1 fully saturated rings. The van der Waals surface area contributed by atoms with Gasteiger partial charge in [0, 0.05) is 51.0 Å². The Kier molecular flexibility index (Phi) is 7.99. The van der Waals surface area contributed by atoms with Crippen LogP contribution in [0, 0.1) is 0 Å². The molecule has 33 heavy (non-hydrogen) atoms. The van der Waals surface area contributed by atoms with Gasteiger partial charge in [-0.25, -0.2) is 22.0 Å². The molecule has 1 aromatic heterocycles. The fourth-order valence-electron chi connectivity index (χ4n) is 3.72. The quantitative estimate of drug-likeness (QED) is 0.220. The van der Waals surface area contributed by atoms with Gasteiger partial charge < -0.3 is 21.5 Å². The normalized spacial score (nSPS) is 16.8. The molecule has 0 unspecified atom stereocenters. The maximum absolute atomic E-state index is 13.1. The molecule has 0 spiro atoms. The molecule has 8 N–H and O–H groups in total. The van der Waals surface area contributed by atoms with Crippen molar-refractivity contribution < 1.29 is 21.9 Å². The smallest absolute Gasteiger partial charge is 0.240 e. The Labute approximate surface area is 192 Å². The second kappa shape index (κ2) is 10.4. The first-order valence-corrected chi connectivity index (χ1v) is 13.5. The van der Waals surface area contributed by atoms with Gasteiger partial charge in [0.1, 0.15) is 4.90 Å². The van der Waals surface area contributed by atoms with Crippen molar-refractivity contribution >= 4 is 25.5 Å². The zero-order valence-corrected chi connectivity index (χ0v) is 19.6. The van der Waals surface area contributed by atoms with E-state index in [1.54, 1.807) is 0 Å². The van der Waals surface area contributed by atoms with Crippen molar-refractivity contribution in [3.8, 4) is 11.4 Å². The lowest BCUT2D eigenvalue weighted by Gasteiger charge is -2.36. The van der Waals surface area contributed by atoms with Crippen molar-refractivity contribution in [3.05, 3.63) is 12.1 Å². The molecule has 184 valence electrons. The largest absolute Gasteiger partial charge is 0.395 e. The lowest BCUT2D eigenvalue weighted by atomic mass is 10.1. The number of primary sulfonamides is 1.